The van der Waals surface area contributed by atoms with Crippen LogP contribution in [0.3, 0.4) is 0 Å². The van der Waals surface area contributed by atoms with Crippen LogP contribution in [0.25, 0.3) is 70.9 Å². The van der Waals surface area contributed by atoms with Crippen LogP contribution in [0.4, 0.5) is 47.3 Å². The molecule has 0 amide bonds. The number of para-hydroxylation sites is 3. The van der Waals surface area contributed by atoms with Gasteiger partial charge in [0.2, 0.25) is 0 Å². The summed E-state index contributed by atoms with van der Waals surface area (Å²) < 4.78 is 43.6. The normalized spacial score (nSPS) is 11.9. The van der Waals surface area contributed by atoms with Gasteiger partial charge >= 0.3 is 6.18 Å². The van der Waals surface area contributed by atoms with Gasteiger partial charge in [-0.2, -0.15) is 13.2 Å². The van der Waals surface area contributed by atoms with E-state index in [0.29, 0.717) is 5.69 Å². The van der Waals surface area contributed by atoms with Crippen LogP contribution in [-0.4, -0.2) is 4.57 Å². The molecule has 12 aromatic rings. The standard InChI is InChI=1S/C60H40F3N3/c1-39-17-26-47(27-18-39)65(49-30-24-43(25-31-49)60(61,62)63)50-32-36-56-54(38-50)55-37-42-23-34-52-51(33-21-41-22-35-53(58(42)57(41)52)59(55)66(56)46-15-9-4-10-16-46)40-19-28-48(29-20-40)64(44-11-5-2-6-12-44)45-13-7-3-8-14-45/h2-38H,1H3. The SMILES string of the molecule is Cc1ccc(N(c2ccc(C(F)(F)F)cc2)c2ccc3c(c2)c2cc4ccc5c(-c6ccc(N(c7ccccc7)c7ccccc7)cc6)ccc6ccc(c4c65)c2n3-c2ccccc2)cc1. The Morgan fingerprint density at radius 3 is 1.53 bits per heavy atom. The number of aryl methyl sites for hydroxylation is 1. The molecule has 316 valence electrons. The molecule has 12 rings (SSSR count). The van der Waals surface area contributed by atoms with E-state index < -0.39 is 11.7 Å². The maximum Gasteiger partial charge on any atom is 0.416 e. The molecule has 0 saturated heterocycles. The lowest BCUT2D eigenvalue weighted by atomic mass is 9.89. The summed E-state index contributed by atoms with van der Waals surface area (Å²) >= 11 is 0. The molecular weight excluding hydrogens is 820 g/mol. The zero-order valence-corrected chi connectivity index (χ0v) is 35.8. The van der Waals surface area contributed by atoms with E-state index in [1.54, 1.807) is 12.1 Å². The average molecular weight is 860 g/mol. The average Bonchev–Trinajstić information content (AvgIpc) is 3.68. The molecule has 66 heavy (non-hydrogen) atoms. The fourth-order valence-electron chi connectivity index (χ4n) is 9.93. The first-order valence-corrected chi connectivity index (χ1v) is 22.1. The number of hydrogen-bond donors (Lipinski definition) is 0. The Morgan fingerprint density at radius 2 is 0.894 bits per heavy atom. The Morgan fingerprint density at radius 1 is 0.394 bits per heavy atom. The molecule has 1 aromatic heterocycles. The number of alkyl halides is 3. The second-order valence-electron chi connectivity index (χ2n) is 16.9. The molecule has 0 fully saturated rings. The zero-order chi connectivity index (χ0) is 44.5. The minimum Gasteiger partial charge on any atom is -0.311 e. The van der Waals surface area contributed by atoms with Crippen molar-refractivity contribution < 1.29 is 13.2 Å². The van der Waals surface area contributed by atoms with Gasteiger partial charge in [-0.1, -0.05) is 121 Å². The Kier molecular flexibility index (Phi) is 9.17. The lowest BCUT2D eigenvalue weighted by Gasteiger charge is -2.26. The number of halogens is 3. The number of fused-ring (bicyclic) bond motifs is 4. The van der Waals surface area contributed by atoms with Gasteiger partial charge in [0.25, 0.3) is 0 Å². The molecule has 11 aromatic carbocycles. The largest absolute Gasteiger partial charge is 0.416 e. The topological polar surface area (TPSA) is 11.4 Å². The number of benzene rings is 11. The molecule has 0 radical (unpaired) electrons. The number of rotatable bonds is 8. The Labute approximate surface area is 379 Å². The van der Waals surface area contributed by atoms with E-state index in [4.69, 9.17) is 0 Å². The fraction of sp³-hybridized carbons (Fsp3) is 0.0333. The van der Waals surface area contributed by atoms with Crippen LogP contribution in [0, 0.1) is 6.92 Å². The van der Waals surface area contributed by atoms with E-state index in [1.165, 1.54) is 27.1 Å². The summed E-state index contributed by atoms with van der Waals surface area (Å²) in [7, 11) is 0. The Hall–Kier alpha value is -8.35. The summed E-state index contributed by atoms with van der Waals surface area (Å²) in [5, 5.41) is 9.22. The number of hydrogen-bond acceptors (Lipinski definition) is 2. The molecule has 1 heterocycles. The fourth-order valence-corrected chi connectivity index (χ4v) is 9.93. The van der Waals surface area contributed by atoms with Gasteiger partial charge in [0.05, 0.1) is 16.6 Å². The van der Waals surface area contributed by atoms with Crippen LogP contribution >= 0.6 is 0 Å². The number of anilines is 6. The molecule has 0 aliphatic rings. The second-order valence-corrected chi connectivity index (χ2v) is 16.9. The lowest BCUT2D eigenvalue weighted by Crippen LogP contribution is -2.11. The highest BCUT2D eigenvalue weighted by atomic mass is 19.4. The summed E-state index contributed by atoms with van der Waals surface area (Å²) in [6.45, 7) is 2.03. The quantitative estimate of drug-likeness (QED) is 0.141. The minimum absolute atomic E-state index is 0.635. The van der Waals surface area contributed by atoms with E-state index in [-0.39, 0.29) is 0 Å². The van der Waals surface area contributed by atoms with Crippen LogP contribution in [0.5, 0.6) is 0 Å². The molecule has 0 N–H and O–H groups in total. The van der Waals surface area contributed by atoms with E-state index >= 15 is 0 Å². The predicted molar refractivity (Wildman–Crippen MR) is 269 cm³/mol. The summed E-state index contributed by atoms with van der Waals surface area (Å²) in [5.74, 6) is 0. The third-order valence-electron chi connectivity index (χ3n) is 13.0. The first-order chi connectivity index (χ1) is 32.3. The zero-order valence-electron chi connectivity index (χ0n) is 35.8. The Bertz CT molecular complexity index is 3670. The van der Waals surface area contributed by atoms with Crippen molar-refractivity contribution in [1.82, 2.24) is 4.57 Å². The highest BCUT2D eigenvalue weighted by Gasteiger charge is 2.30. The lowest BCUT2D eigenvalue weighted by molar-refractivity contribution is -0.137. The number of nitrogens with zero attached hydrogens (tertiary/aromatic N) is 3. The van der Waals surface area contributed by atoms with Crippen LogP contribution in [0.2, 0.25) is 0 Å². The van der Waals surface area contributed by atoms with Gasteiger partial charge in [0.15, 0.2) is 0 Å². The van der Waals surface area contributed by atoms with Crippen molar-refractivity contribution in [3.63, 3.8) is 0 Å². The van der Waals surface area contributed by atoms with Crippen molar-refractivity contribution in [3.8, 4) is 16.8 Å². The molecule has 3 nitrogen and oxygen atoms in total. The van der Waals surface area contributed by atoms with Crippen molar-refractivity contribution in [1.29, 1.82) is 0 Å². The first-order valence-electron chi connectivity index (χ1n) is 22.1. The minimum atomic E-state index is -4.43. The summed E-state index contributed by atoms with van der Waals surface area (Å²) in [6, 6.07) is 76.0. The molecule has 0 aliphatic heterocycles. The molecule has 0 bridgehead atoms. The van der Waals surface area contributed by atoms with E-state index in [9.17, 15) is 13.2 Å². The van der Waals surface area contributed by atoms with E-state index in [2.05, 4.69) is 167 Å². The maximum absolute atomic E-state index is 13.8. The molecule has 0 spiro atoms. The van der Waals surface area contributed by atoms with Crippen molar-refractivity contribution in [2.75, 3.05) is 9.80 Å². The molecular formula is C60H40F3N3. The van der Waals surface area contributed by atoms with Crippen LogP contribution in [-0.2, 0) is 6.18 Å². The summed E-state index contributed by atoms with van der Waals surface area (Å²) in [4.78, 5) is 4.31. The molecule has 6 heteroatoms. The smallest absolute Gasteiger partial charge is 0.311 e. The van der Waals surface area contributed by atoms with Gasteiger partial charge in [-0.3, -0.25) is 0 Å². The van der Waals surface area contributed by atoms with Gasteiger partial charge < -0.3 is 14.4 Å². The molecule has 0 saturated carbocycles. The monoisotopic (exact) mass is 859 g/mol. The van der Waals surface area contributed by atoms with Crippen molar-refractivity contribution in [2.24, 2.45) is 0 Å². The predicted octanol–water partition coefficient (Wildman–Crippen LogP) is 17.6. The highest BCUT2D eigenvalue weighted by molar-refractivity contribution is 6.33. The van der Waals surface area contributed by atoms with Crippen LogP contribution < -0.4 is 9.80 Å². The first kappa shape index (κ1) is 39.3. The second kappa shape index (κ2) is 15.4. The molecule has 0 aliphatic carbocycles. The van der Waals surface area contributed by atoms with Gasteiger partial charge in [-0.25, -0.2) is 0 Å². The Balaban J connectivity index is 1.05. The van der Waals surface area contributed by atoms with Gasteiger partial charge in [0.1, 0.15) is 0 Å². The maximum atomic E-state index is 13.8. The van der Waals surface area contributed by atoms with Gasteiger partial charge in [0, 0.05) is 56.0 Å². The van der Waals surface area contributed by atoms with Crippen molar-refractivity contribution in [2.45, 2.75) is 13.1 Å². The van der Waals surface area contributed by atoms with Gasteiger partial charge in [-0.05, 0) is 154 Å². The summed E-state index contributed by atoms with van der Waals surface area (Å²) in [6.07, 6.45) is -4.43. The third kappa shape index (κ3) is 6.52. The molecule has 0 unspecified atom stereocenters. The highest BCUT2D eigenvalue weighted by Crippen LogP contribution is 2.47. The number of aromatic nitrogens is 1. The molecule has 0 atom stereocenters. The van der Waals surface area contributed by atoms with Crippen LogP contribution in [0.15, 0.2) is 224 Å². The summed E-state index contributed by atoms with van der Waals surface area (Å²) in [5.41, 5.74) is 11.5. The third-order valence-corrected chi connectivity index (χ3v) is 13.0. The van der Waals surface area contributed by atoms with Crippen molar-refractivity contribution >= 4 is 88.2 Å². The van der Waals surface area contributed by atoms with Crippen LogP contribution in [0.1, 0.15) is 11.1 Å². The van der Waals surface area contributed by atoms with E-state index in [1.807, 2.05) is 54.3 Å². The van der Waals surface area contributed by atoms with E-state index in [0.717, 1.165) is 90.0 Å². The van der Waals surface area contributed by atoms with Gasteiger partial charge in [-0.15, -0.1) is 0 Å². The van der Waals surface area contributed by atoms with Crippen molar-refractivity contribution in [3.05, 3.63) is 236 Å².